The van der Waals surface area contributed by atoms with E-state index >= 15 is 0 Å². The second kappa shape index (κ2) is 5.85. The molecule has 0 bridgehead atoms. The van der Waals surface area contributed by atoms with Gasteiger partial charge in [0.2, 0.25) is 5.91 Å². The zero-order valence-electron chi connectivity index (χ0n) is 12.5. The largest absolute Gasteiger partial charge is 0.443 e. The molecule has 2 heterocycles. The first-order valence-corrected chi connectivity index (χ1v) is 7.71. The van der Waals surface area contributed by atoms with Crippen molar-refractivity contribution in [1.82, 2.24) is 10.3 Å². The second-order valence-electron chi connectivity index (χ2n) is 5.78. The minimum atomic E-state index is -0.0976. The molecule has 1 aliphatic rings. The van der Waals surface area contributed by atoms with Gasteiger partial charge in [-0.3, -0.25) is 4.79 Å². The SMILES string of the molecule is O=C(Nc1cccc2ocnc12)C1CNCC1c1ccccc1. The minimum absolute atomic E-state index is 0.0133. The fraction of sp³-hybridized carbons (Fsp3) is 0.222. The van der Waals surface area contributed by atoms with E-state index in [1.165, 1.54) is 12.0 Å². The lowest BCUT2D eigenvalue weighted by molar-refractivity contribution is -0.119. The minimum Gasteiger partial charge on any atom is -0.443 e. The van der Waals surface area contributed by atoms with Crippen LogP contribution in [0.3, 0.4) is 0 Å². The van der Waals surface area contributed by atoms with Gasteiger partial charge in [0.05, 0.1) is 11.6 Å². The number of benzene rings is 2. The van der Waals surface area contributed by atoms with Gasteiger partial charge in [-0.05, 0) is 17.7 Å². The monoisotopic (exact) mass is 307 g/mol. The summed E-state index contributed by atoms with van der Waals surface area (Å²) in [7, 11) is 0. The molecule has 2 atom stereocenters. The molecule has 5 nitrogen and oxygen atoms in total. The molecular formula is C18H17N3O2. The van der Waals surface area contributed by atoms with Crippen molar-refractivity contribution in [3.8, 4) is 0 Å². The van der Waals surface area contributed by atoms with Crippen molar-refractivity contribution in [3.63, 3.8) is 0 Å². The molecule has 1 amide bonds. The molecule has 0 radical (unpaired) electrons. The average molecular weight is 307 g/mol. The van der Waals surface area contributed by atoms with Crippen LogP contribution in [0.2, 0.25) is 0 Å². The van der Waals surface area contributed by atoms with Gasteiger partial charge in [-0.2, -0.15) is 0 Å². The van der Waals surface area contributed by atoms with Gasteiger partial charge < -0.3 is 15.1 Å². The Morgan fingerprint density at radius 3 is 2.87 bits per heavy atom. The van der Waals surface area contributed by atoms with Gasteiger partial charge in [-0.1, -0.05) is 36.4 Å². The van der Waals surface area contributed by atoms with Gasteiger partial charge in [-0.15, -0.1) is 0 Å². The van der Waals surface area contributed by atoms with E-state index in [1.807, 2.05) is 36.4 Å². The number of oxazole rings is 1. The van der Waals surface area contributed by atoms with E-state index in [9.17, 15) is 4.79 Å². The molecule has 2 N–H and O–H groups in total. The molecule has 2 aromatic carbocycles. The van der Waals surface area contributed by atoms with Crippen molar-refractivity contribution < 1.29 is 9.21 Å². The summed E-state index contributed by atoms with van der Waals surface area (Å²) >= 11 is 0. The fourth-order valence-electron chi connectivity index (χ4n) is 3.22. The van der Waals surface area contributed by atoms with Crippen molar-refractivity contribution in [2.24, 2.45) is 5.92 Å². The Morgan fingerprint density at radius 2 is 2.00 bits per heavy atom. The molecule has 23 heavy (non-hydrogen) atoms. The Kier molecular flexibility index (Phi) is 3.55. The first-order chi connectivity index (χ1) is 11.3. The third-order valence-corrected chi connectivity index (χ3v) is 4.40. The average Bonchev–Trinajstić information content (AvgIpc) is 3.25. The summed E-state index contributed by atoms with van der Waals surface area (Å²) in [5.41, 5.74) is 3.24. The van der Waals surface area contributed by atoms with E-state index in [4.69, 9.17) is 4.42 Å². The van der Waals surface area contributed by atoms with Crippen molar-refractivity contribution in [3.05, 3.63) is 60.5 Å². The predicted octanol–water partition coefficient (Wildman–Crippen LogP) is 2.77. The third kappa shape index (κ3) is 2.59. The van der Waals surface area contributed by atoms with Crippen LogP contribution in [0, 0.1) is 5.92 Å². The number of nitrogens with zero attached hydrogens (tertiary/aromatic N) is 1. The molecular weight excluding hydrogens is 290 g/mol. The maximum atomic E-state index is 12.8. The highest BCUT2D eigenvalue weighted by atomic mass is 16.3. The Bertz CT molecular complexity index is 828. The lowest BCUT2D eigenvalue weighted by Crippen LogP contribution is -2.28. The Morgan fingerprint density at radius 1 is 1.13 bits per heavy atom. The van der Waals surface area contributed by atoms with E-state index in [0.717, 1.165) is 6.54 Å². The highest BCUT2D eigenvalue weighted by Crippen LogP contribution is 2.30. The first kappa shape index (κ1) is 14.0. The van der Waals surface area contributed by atoms with Crippen molar-refractivity contribution in [1.29, 1.82) is 0 Å². The van der Waals surface area contributed by atoms with Crippen molar-refractivity contribution in [2.45, 2.75) is 5.92 Å². The zero-order chi connectivity index (χ0) is 15.6. The van der Waals surface area contributed by atoms with Crippen LogP contribution in [0.5, 0.6) is 0 Å². The summed E-state index contributed by atoms with van der Waals surface area (Å²) in [5, 5.41) is 6.34. The van der Waals surface area contributed by atoms with E-state index < -0.39 is 0 Å². The molecule has 1 aromatic heterocycles. The zero-order valence-corrected chi connectivity index (χ0v) is 12.5. The van der Waals surface area contributed by atoms with Crippen LogP contribution in [-0.4, -0.2) is 24.0 Å². The van der Waals surface area contributed by atoms with Crippen LogP contribution in [0.15, 0.2) is 59.3 Å². The molecule has 1 aliphatic heterocycles. The molecule has 2 unspecified atom stereocenters. The highest BCUT2D eigenvalue weighted by Gasteiger charge is 2.34. The Balaban J connectivity index is 1.58. The predicted molar refractivity (Wildman–Crippen MR) is 88.2 cm³/mol. The number of hydrogen-bond acceptors (Lipinski definition) is 4. The van der Waals surface area contributed by atoms with Crippen LogP contribution >= 0.6 is 0 Å². The number of nitrogens with one attached hydrogen (secondary N) is 2. The lowest BCUT2D eigenvalue weighted by atomic mass is 9.88. The van der Waals surface area contributed by atoms with Gasteiger partial charge in [0, 0.05) is 19.0 Å². The number of para-hydroxylation sites is 1. The van der Waals surface area contributed by atoms with Gasteiger partial charge in [-0.25, -0.2) is 4.98 Å². The lowest BCUT2D eigenvalue weighted by Gasteiger charge is -2.18. The quantitative estimate of drug-likeness (QED) is 0.781. The molecule has 1 fully saturated rings. The molecule has 0 saturated carbocycles. The molecule has 4 rings (SSSR count). The van der Waals surface area contributed by atoms with Crippen LogP contribution in [0.1, 0.15) is 11.5 Å². The van der Waals surface area contributed by atoms with E-state index in [1.54, 1.807) is 0 Å². The van der Waals surface area contributed by atoms with Crippen molar-refractivity contribution in [2.75, 3.05) is 18.4 Å². The molecule has 3 aromatic rings. The number of rotatable bonds is 3. The molecule has 0 aliphatic carbocycles. The van der Waals surface area contributed by atoms with Crippen LogP contribution in [0.4, 0.5) is 5.69 Å². The number of anilines is 1. The standard InChI is InChI=1S/C18H17N3O2/c22-18(21-15-7-4-8-16-17(15)20-11-23-16)14-10-19-9-13(14)12-5-2-1-3-6-12/h1-8,11,13-14,19H,9-10H2,(H,21,22). The number of carbonyl (C=O) groups excluding carboxylic acids is 1. The number of carbonyl (C=O) groups is 1. The Labute approximate surface area is 133 Å². The number of amides is 1. The maximum Gasteiger partial charge on any atom is 0.229 e. The molecule has 116 valence electrons. The number of fused-ring (bicyclic) bond motifs is 1. The summed E-state index contributed by atoms with van der Waals surface area (Å²) in [5.74, 6) is 0.103. The highest BCUT2D eigenvalue weighted by molar-refractivity contribution is 6.00. The van der Waals surface area contributed by atoms with Crippen LogP contribution < -0.4 is 10.6 Å². The molecule has 5 heteroatoms. The maximum absolute atomic E-state index is 12.8. The van der Waals surface area contributed by atoms with Gasteiger partial charge in [0.15, 0.2) is 12.0 Å². The summed E-state index contributed by atoms with van der Waals surface area (Å²) in [4.78, 5) is 16.9. The van der Waals surface area contributed by atoms with E-state index in [-0.39, 0.29) is 17.7 Å². The molecule has 0 spiro atoms. The Hall–Kier alpha value is -2.66. The summed E-state index contributed by atoms with van der Waals surface area (Å²) in [6, 6.07) is 15.7. The summed E-state index contributed by atoms with van der Waals surface area (Å²) < 4.78 is 5.28. The summed E-state index contributed by atoms with van der Waals surface area (Å²) in [6.45, 7) is 1.50. The first-order valence-electron chi connectivity index (χ1n) is 7.71. The normalized spacial score (nSPS) is 20.7. The van der Waals surface area contributed by atoms with Gasteiger partial charge >= 0.3 is 0 Å². The van der Waals surface area contributed by atoms with Crippen LogP contribution in [-0.2, 0) is 4.79 Å². The smallest absolute Gasteiger partial charge is 0.229 e. The summed E-state index contributed by atoms with van der Waals surface area (Å²) in [6.07, 6.45) is 1.39. The van der Waals surface area contributed by atoms with Crippen molar-refractivity contribution >= 4 is 22.7 Å². The van der Waals surface area contributed by atoms with Gasteiger partial charge in [0.25, 0.3) is 0 Å². The fourth-order valence-corrected chi connectivity index (χ4v) is 3.22. The number of aromatic nitrogens is 1. The van der Waals surface area contributed by atoms with Crippen LogP contribution in [0.25, 0.3) is 11.1 Å². The van der Waals surface area contributed by atoms with E-state index in [0.29, 0.717) is 23.3 Å². The van der Waals surface area contributed by atoms with Gasteiger partial charge in [0.1, 0.15) is 5.52 Å². The topological polar surface area (TPSA) is 67.2 Å². The third-order valence-electron chi connectivity index (χ3n) is 4.40. The molecule has 1 saturated heterocycles. The number of hydrogen-bond donors (Lipinski definition) is 2. The van der Waals surface area contributed by atoms with E-state index in [2.05, 4.69) is 27.8 Å². The second-order valence-corrected chi connectivity index (χ2v) is 5.78.